The summed E-state index contributed by atoms with van der Waals surface area (Å²) in [5, 5.41) is 0. The minimum atomic E-state index is -2.46. The third-order valence-electron chi connectivity index (χ3n) is 5.96. The van der Waals surface area contributed by atoms with Crippen molar-refractivity contribution in [1.82, 2.24) is 0 Å². The molecule has 0 bridgehead atoms. The lowest BCUT2D eigenvalue weighted by Crippen LogP contribution is -2.36. The second-order valence-electron chi connectivity index (χ2n) is 9.12. The average molecular weight is 463 g/mol. The third-order valence-corrected chi connectivity index (χ3v) is 9.40. The molecule has 0 rings (SSSR count). The van der Waals surface area contributed by atoms with Gasteiger partial charge in [0.25, 0.3) is 0 Å². The van der Waals surface area contributed by atoms with E-state index in [2.05, 4.69) is 20.8 Å². The van der Waals surface area contributed by atoms with E-state index >= 15 is 0 Å². The first-order valence-electron chi connectivity index (χ1n) is 13.6. The molecule has 0 N–H and O–H groups in total. The third kappa shape index (κ3) is 21.7. The Morgan fingerprint density at radius 1 is 0.433 bits per heavy atom. The molecule has 0 unspecified atom stereocenters. The van der Waals surface area contributed by atoms with Gasteiger partial charge in [-0.05, 0) is 12.8 Å². The van der Waals surface area contributed by atoms with Crippen LogP contribution in [0.4, 0.5) is 0 Å². The van der Waals surface area contributed by atoms with E-state index in [1.807, 2.05) is 0 Å². The predicted molar refractivity (Wildman–Crippen MR) is 138 cm³/mol. The number of hydrogen-bond donors (Lipinski definition) is 0. The Morgan fingerprint density at radius 2 is 0.733 bits per heavy atom. The molecule has 0 atom stereocenters. The van der Waals surface area contributed by atoms with Gasteiger partial charge in [0.15, 0.2) is 0 Å². The van der Waals surface area contributed by atoms with Crippen LogP contribution in [0.3, 0.4) is 0 Å². The van der Waals surface area contributed by atoms with Crippen LogP contribution >= 0.6 is 11.1 Å². The van der Waals surface area contributed by atoms with Gasteiger partial charge in [0.1, 0.15) is 0 Å². The Morgan fingerprint density at radius 3 is 1.07 bits per heavy atom. The van der Waals surface area contributed by atoms with Crippen LogP contribution in [0.15, 0.2) is 0 Å². The Labute approximate surface area is 196 Å². The first-order chi connectivity index (χ1) is 14.7. The van der Waals surface area contributed by atoms with Gasteiger partial charge in [-0.3, -0.25) is 0 Å². The maximum absolute atomic E-state index is 6.77. The van der Waals surface area contributed by atoms with Crippen LogP contribution in [-0.2, 0) is 8.85 Å². The summed E-state index contributed by atoms with van der Waals surface area (Å²) in [5.41, 5.74) is 0. The summed E-state index contributed by atoms with van der Waals surface area (Å²) in [5.74, 6) is 0. The van der Waals surface area contributed by atoms with Gasteiger partial charge in [-0.2, -0.15) is 0 Å². The Bertz CT molecular complexity index is 318. The van der Waals surface area contributed by atoms with Crippen LogP contribution in [0.25, 0.3) is 0 Å². The molecule has 0 aliphatic heterocycles. The molecule has 0 saturated carbocycles. The van der Waals surface area contributed by atoms with E-state index in [0.717, 1.165) is 51.4 Å². The molecule has 0 aliphatic carbocycles. The van der Waals surface area contributed by atoms with Crippen molar-refractivity contribution in [3.63, 3.8) is 0 Å². The fraction of sp³-hybridized carbons (Fsp3) is 1.00. The van der Waals surface area contributed by atoms with Crippen molar-refractivity contribution >= 4 is 18.9 Å². The lowest BCUT2D eigenvalue weighted by molar-refractivity contribution is 0.181. The largest absolute Gasteiger partial charge is 0.443 e. The summed E-state index contributed by atoms with van der Waals surface area (Å²) in [6.07, 6.45) is 26.8. The number of hydrogen-bond acceptors (Lipinski definition) is 2. The van der Waals surface area contributed by atoms with E-state index in [-0.39, 0.29) is 0 Å². The number of halogens is 1. The number of rotatable bonds is 25. The highest BCUT2D eigenvalue weighted by molar-refractivity contribution is 7.12. The molecule has 0 aromatic carbocycles. The second kappa shape index (κ2) is 24.1. The van der Waals surface area contributed by atoms with E-state index in [1.54, 1.807) is 0 Å². The zero-order valence-electron chi connectivity index (χ0n) is 21.0. The van der Waals surface area contributed by atoms with E-state index in [1.165, 1.54) is 96.3 Å². The fourth-order valence-electron chi connectivity index (χ4n) is 3.81. The van der Waals surface area contributed by atoms with Crippen LogP contribution < -0.4 is 0 Å². The van der Waals surface area contributed by atoms with Gasteiger partial charge in [0.05, 0.1) is 0 Å². The van der Waals surface area contributed by atoms with Gasteiger partial charge in [-0.15, -0.1) is 0 Å². The normalized spacial score (nSPS) is 12.0. The SMILES string of the molecule is CCCCCCCCCCCCCCCCCC[Si](Cl)(OCCCC)OCCCC. The minimum Gasteiger partial charge on any atom is -0.383 e. The molecule has 0 aliphatic rings. The molecule has 2 nitrogen and oxygen atoms in total. The molecular weight excluding hydrogens is 408 g/mol. The highest BCUT2D eigenvalue weighted by atomic mass is 35.6. The van der Waals surface area contributed by atoms with Gasteiger partial charge < -0.3 is 8.85 Å². The average Bonchev–Trinajstić information content (AvgIpc) is 2.74. The molecule has 0 radical (unpaired) electrons. The van der Waals surface area contributed by atoms with Crippen molar-refractivity contribution in [3.05, 3.63) is 0 Å². The van der Waals surface area contributed by atoms with Crippen molar-refractivity contribution in [3.8, 4) is 0 Å². The molecule has 182 valence electrons. The summed E-state index contributed by atoms with van der Waals surface area (Å²) < 4.78 is 12.0. The maximum atomic E-state index is 6.77. The Kier molecular flexibility index (Phi) is 24.4. The molecule has 0 amide bonds. The van der Waals surface area contributed by atoms with E-state index in [0.29, 0.717) is 0 Å². The molecular formula is C26H55ClO2Si. The molecule has 0 saturated heterocycles. The molecule has 0 spiro atoms. The van der Waals surface area contributed by atoms with Crippen molar-refractivity contribution in [1.29, 1.82) is 0 Å². The zero-order valence-corrected chi connectivity index (χ0v) is 22.7. The van der Waals surface area contributed by atoms with Crippen molar-refractivity contribution in [2.24, 2.45) is 0 Å². The summed E-state index contributed by atoms with van der Waals surface area (Å²) in [7, 11) is -2.46. The zero-order chi connectivity index (χ0) is 22.2. The van der Waals surface area contributed by atoms with Crippen LogP contribution in [-0.4, -0.2) is 21.1 Å². The van der Waals surface area contributed by atoms with Crippen molar-refractivity contribution < 1.29 is 8.85 Å². The molecule has 0 heterocycles. The highest BCUT2D eigenvalue weighted by Crippen LogP contribution is 2.24. The van der Waals surface area contributed by atoms with Crippen molar-refractivity contribution in [2.45, 2.75) is 155 Å². The topological polar surface area (TPSA) is 18.5 Å². The van der Waals surface area contributed by atoms with Gasteiger partial charge in [0.2, 0.25) is 0 Å². The van der Waals surface area contributed by atoms with E-state index < -0.39 is 7.87 Å². The smallest absolute Gasteiger partial charge is 0.383 e. The van der Waals surface area contributed by atoms with Gasteiger partial charge >= 0.3 is 7.87 Å². The lowest BCUT2D eigenvalue weighted by Gasteiger charge is -2.24. The fourth-order valence-corrected chi connectivity index (χ4v) is 6.61. The summed E-state index contributed by atoms with van der Waals surface area (Å²) >= 11 is 6.77. The summed E-state index contributed by atoms with van der Waals surface area (Å²) in [6, 6.07) is 0.945. The summed E-state index contributed by atoms with van der Waals surface area (Å²) in [6.45, 7) is 8.19. The molecule has 0 fully saturated rings. The number of unbranched alkanes of at least 4 members (excludes halogenated alkanes) is 17. The van der Waals surface area contributed by atoms with Crippen LogP contribution in [0.2, 0.25) is 6.04 Å². The first kappa shape index (κ1) is 30.4. The quantitative estimate of drug-likeness (QED) is 0.0762. The molecule has 0 aromatic heterocycles. The molecule has 4 heteroatoms. The maximum Gasteiger partial charge on any atom is 0.443 e. The monoisotopic (exact) mass is 462 g/mol. The van der Waals surface area contributed by atoms with E-state index in [9.17, 15) is 0 Å². The minimum absolute atomic E-state index is 0.761. The molecule has 30 heavy (non-hydrogen) atoms. The van der Waals surface area contributed by atoms with Gasteiger partial charge in [0, 0.05) is 19.3 Å². The van der Waals surface area contributed by atoms with Crippen LogP contribution in [0, 0.1) is 0 Å². The van der Waals surface area contributed by atoms with Crippen LogP contribution in [0.5, 0.6) is 0 Å². The standard InChI is InChI=1S/C26H55ClO2Si/c1-4-7-10-11-12-13-14-15-16-17-18-19-20-21-22-23-26-30(27,28-24-8-5-2)29-25-9-6-3/h4-26H2,1-3H3. The van der Waals surface area contributed by atoms with Crippen LogP contribution in [0.1, 0.15) is 149 Å². The Hall–Kier alpha value is 0.427. The van der Waals surface area contributed by atoms with E-state index in [4.69, 9.17) is 19.9 Å². The molecule has 0 aromatic rings. The van der Waals surface area contributed by atoms with Gasteiger partial charge in [-0.1, -0.05) is 147 Å². The Balaban J connectivity index is 3.51. The van der Waals surface area contributed by atoms with Gasteiger partial charge in [-0.25, -0.2) is 0 Å². The highest BCUT2D eigenvalue weighted by Gasteiger charge is 2.35. The van der Waals surface area contributed by atoms with Crippen molar-refractivity contribution in [2.75, 3.05) is 13.2 Å². The summed E-state index contributed by atoms with van der Waals surface area (Å²) in [4.78, 5) is 0. The predicted octanol–water partition coefficient (Wildman–Crippen LogP) is 10.1. The first-order valence-corrected chi connectivity index (χ1v) is 16.7. The second-order valence-corrected chi connectivity index (χ2v) is 13.2. The lowest BCUT2D eigenvalue weighted by atomic mass is 10.0.